The average Bonchev–Trinajstić information content (AvgIpc) is 3.12. The van der Waals surface area contributed by atoms with Gasteiger partial charge >= 0.3 is 5.97 Å². The van der Waals surface area contributed by atoms with Gasteiger partial charge in [-0.15, -0.1) is 0 Å². The number of ether oxygens (including phenoxy) is 2. The van der Waals surface area contributed by atoms with E-state index in [2.05, 4.69) is 0 Å². The first-order chi connectivity index (χ1) is 8.66. The highest BCUT2D eigenvalue weighted by Crippen LogP contribution is 2.37. The molecule has 0 aromatic carbocycles. The number of carbonyl (C=O) groups excluding carboxylic acids is 1. The first-order valence-electron chi connectivity index (χ1n) is 7.12. The first-order valence-corrected chi connectivity index (χ1v) is 7.12. The Morgan fingerprint density at radius 1 is 1.28 bits per heavy atom. The van der Waals surface area contributed by atoms with E-state index in [9.17, 15) is 4.79 Å². The lowest BCUT2D eigenvalue weighted by Gasteiger charge is -2.28. The Balaban J connectivity index is 1.68. The summed E-state index contributed by atoms with van der Waals surface area (Å²) in [7, 11) is 1.42. The van der Waals surface area contributed by atoms with E-state index in [0.29, 0.717) is 6.61 Å². The van der Waals surface area contributed by atoms with Crippen LogP contribution in [0.4, 0.5) is 0 Å². The van der Waals surface area contributed by atoms with Gasteiger partial charge in [0.05, 0.1) is 7.11 Å². The van der Waals surface area contributed by atoms with Crippen molar-refractivity contribution in [3.63, 3.8) is 0 Å². The van der Waals surface area contributed by atoms with Crippen molar-refractivity contribution in [1.29, 1.82) is 0 Å². The molecule has 2 saturated carbocycles. The van der Waals surface area contributed by atoms with Crippen LogP contribution < -0.4 is 5.73 Å². The van der Waals surface area contributed by atoms with Crippen LogP contribution in [0.5, 0.6) is 0 Å². The minimum Gasteiger partial charge on any atom is -0.468 e. The van der Waals surface area contributed by atoms with Gasteiger partial charge in [0, 0.05) is 13.2 Å². The maximum Gasteiger partial charge on any atom is 0.326 e. The van der Waals surface area contributed by atoms with E-state index in [-0.39, 0.29) is 11.9 Å². The highest BCUT2D eigenvalue weighted by Gasteiger charge is 2.46. The molecule has 0 aliphatic heterocycles. The summed E-state index contributed by atoms with van der Waals surface area (Å²) < 4.78 is 10.5. The summed E-state index contributed by atoms with van der Waals surface area (Å²) in [5.74, 6) is 0.869. The van der Waals surface area contributed by atoms with Crippen LogP contribution in [0.3, 0.4) is 0 Å². The van der Waals surface area contributed by atoms with Gasteiger partial charge in [-0.25, -0.2) is 0 Å². The van der Waals surface area contributed by atoms with Crippen molar-refractivity contribution in [1.82, 2.24) is 0 Å². The predicted octanol–water partition coefficient (Wildman–Crippen LogP) is 1.86. The van der Waals surface area contributed by atoms with Crippen LogP contribution in [0.1, 0.15) is 44.9 Å². The Hall–Kier alpha value is -0.610. The molecule has 0 heterocycles. The molecule has 104 valence electrons. The van der Waals surface area contributed by atoms with Gasteiger partial charge in [-0.1, -0.05) is 19.3 Å². The van der Waals surface area contributed by atoms with Gasteiger partial charge in [0.1, 0.15) is 5.54 Å². The summed E-state index contributed by atoms with van der Waals surface area (Å²) in [6.07, 6.45) is 7.58. The second kappa shape index (κ2) is 6.02. The molecule has 18 heavy (non-hydrogen) atoms. The van der Waals surface area contributed by atoms with Crippen molar-refractivity contribution in [3.8, 4) is 0 Å². The number of hydrogen-bond acceptors (Lipinski definition) is 4. The van der Waals surface area contributed by atoms with Crippen LogP contribution in [0, 0.1) is 11.8 Å². The third-order valence-electron chi connectivity index (χ3n) is 4.41. The summed E-state index contributed by atoms with van der Waals surface area (Å²) in [5, 5.41) is 0. The number of methoxy groups -OCH3 is 1. The molecule has 2 rings (SSSR count). The normalized spacial score (nSPS) is 31.6. The van der Waals surface area contributed by atoms with Gasteiger partial charge in [0.15, 0.2) is 0 Å². The zero-order chi connectivity index (χ0) is 13.0. The van der Waals surface area contributed by atoms with Crippen molar-refractivity contribution in [2.75, 3.05) is 20.3 Å². The van der Waals surface area contributed by atoms with E-state index in [1.807, 2.05) is 0 Å². The third-order valence-corrected chi connectivity index (χ3v) is 4.41. The van der Waals surface area contributed by atoms with Gasteiger partial charge in [-0.2, -0.15) is 0 Å². The number of esters is 1. The standard InChI is InChI=1S/C14H25NO3/c1-17-13(16)14(15)8-2-3-12(14)7-10-18-9-6-11-4-5-11/h11-12H,2-10,15H2,1H3. The van der Waals surface area contributed by atoms with E-state index in [1.165, 1.54) is 26.4 Å². The number of rotatable bonds is 7. The van der Waals surface area contributed by atoms with Gasteiger partial charge in [-0.3, -0.25) is 4.79 Å². The lowest BCUT2D eigenvalue weighted by molar-refractivity contribution is -0.148. The van der Waals surface area contributed by atoms with Crippen LogP contribution in [0.25, 0.3) is 0 Å². The summed E-state index contributed by atoms with van der Waals surface area (Å²) in [6.45, 7) is 1.57. The smallest absolute Gasteiger partial charge is 0.326 e. The van der Waals surface area contributed by atoms with Crippen molar-refractivity contribution >= 4 is 5.97 Å². The Labute approximate surface area is 109 Å². The topological polar surface area (TPSA) is 61.5 Å². The van der Waals surface area contributed by atoms with Crippen molar-refractivity contribution in [2.24, 2.45) is 17.6 Å². The first kappa shape index (κ1) is 13.8. The second-order valence-corrected chi connectivity index (χ2v) is 5.75. The zero-order valence-corrected chi connectivity index (χ0v) is 11.3. The van der Waals surface area contributed by atoms with E-state index in [0.717, 1.165) is 38.2 Å². The lowest BCUT2D eigenvalue weighted by Crippen LogP contribution is -2.51. The molecule has 2 aliphatic carbocycles. The SMILES string of the molecule is COC(=O)C1(N)CCCC1CCOCCC1CC1. The molecule has 0 aromatic rings. The lowest BCUT2D eigenvalue weighted by atomic mass is 9.86. The van der Waals surface area contributed by atoms with Gasteiger partial charge in [0.25, 0.3) is 0 Å². The molecule has 2 N–H and O–H groups in total. The summed E-state index contributed by atoms with van der Waals surface area (Å²) in [4.78, 5) is 11.7. The fourth-order valence-electron chi connectivity index (χ4n) is 2.95. The van der Waals surface area contributed by atoms with Crippen molar-refractivity contribution in [3.05, 3.63) is 0 Å². The molecule has 0 bridgehead atoms. The van der Waals surface area contributed by atoms with Crippen LogP contribution in [-0.4, -0.2) is 31.8 Å². The number of nitrogens with two attached hydrogens (primary N) is 1. The maximum atomic E-state index is 11.7. The zero-order valence-electron chi connectivity index (χ0n) is 11.3. The van der Waals surface area contributed by atoms with Crippen LogP contribution in [0.2, 0.25) is 0 Å². The van der Waals surface area contributed by atoms with E-state index < -0.39 is 5.54 Å². The molecule has 4 nitrogen and oxygen atoms in total. The van der Waals surface area contributed by atoms with E-state index >= 15 is 0 Å². The Bertz CT molecular complexity index is 291. The van der Waals surface area contributed by atoms with Crippen LogP contribution >= 0.6 is 0 Å². The predicted molar refractivity (Wildman–Crippen MR) is 69.1 cm³/mol. The molecule has 4 heteroatoms. The van der Waals surface area contributed by atoms with Crippen molar-refractivity contribution in [2.45, 2.75) is 50.5 Å². The van der Waals surface area contributed by atoms with Gasteiger partial charge < -0.3 is 15.2 Å². The number of carbonyl (C=O) groups is 1. The molecule has 2 atom stereocenters. The minimum absolute atomic E-state index is 0.214. The largest absolute Gasteiger partial charge is 0.468 e. The Kier molecular flexibility index (Phi) is 4.62. The Morgan fingerprint density at radius 3 is 2.67 bits per heavy atom. The molecular weight excluding hydrogens is 230 g/mol. The van der Waals surface area contributed by atoms with E-state index in [1.54, 1.807) is 0 Å². The van der Waals surface area contributed by atoms with Crippen LogP contribution in [0.15, 0.2) is 0 Å². The average molecular weight is 255 g/mol. The molecule has 0 spiro atoms. The van der Waals surface area contributed by atoms with E-state index in [4.69, 9.17) is 15.2 Å². The molecular formula is C14H25NO3. The number of hydrogen-bond donors (Lipinski definition) is 1. The summed E-state index contributed by atoms with van der Waals surface area (Å²) in [6, 6.07) is 0. The quantitative estimate of drug-likeness (QED) is 0.557. The van der Waals surface area contributed by atoms with Crippen LogP contribution in [-0.2, 0) is 14.3 Å². The maximum absolute atomic E-state index is 11.7. The van der Waals surface area contributed by atoms with Crippen molar-refractivity contribution < 1.29 is 14.3 Å². The fraction of sp³-hybridized carbons (Fsp3) is 0.929. The molecule has 2 aliphatic rings. The fourth-order valence-corrected chi connectivity index (χ4v) is 2.95. The third kappa shape index (κ3) is 3.23. The molecule has 0 saturated heterocycles. The summed E-state index contributed by atoms with van der Waals surface area (Å²) >= 11 is 0. The molecule has 0 aromatic heterocycles. The molecule has 0 radical (unpaired) electrons. The highest BCUT2D eigenvalue weighted by molar-refractivity contribution is 5.81. The molecule has 0 amide bonds. The Morgan fingerprint density at radius 2 is 2.00 bits per heavy atom. The second-order valence-electron chi connectivity index (χ2n) is 5.75. The minimum atomic E-state index is -0.769. The van der Waals surface area contributed by atoms with Gasteiger partial charge in [0.2, 0.25) is 0 Å². The van der Waals surface area contributed by atoms with Gasteiger partial charge in [-0.05, 0) is 37.5 Å². The summed E-state index contributed by atoms with van der Waals surface area (Å²) in [5.41, 5.74) is 5.43. The molecule has 2 unspecified atom stereocenters. The monoisotopic (exact) mass is 255 g/mol. The molecule has 2 fully saturated rings. The highest BCUT2D eigenvalue weighted by atomic mass is 16.5.